The average Bonchev–Trinajstić information content (AvgIpc) is 2.35. The zero-order valence-electron chi connectivity index (χ0n) is 10.6. The first kappa shape index (κ1) is 20.0. The van der Waals surface area contributed by atoms with Crippen molar-refractivity contribution in [1.82, 2.24) is 0 Å². The molecule has 0 bridgehead atoms. The fourth-order valence-corrected chi connectivity index (χ4v) is 1.59. The first-order valence-corrected chi connectivity index (χ1v) is 5.88. The van der Waals surface area contributed by atoms with Gasteiger partial charge in [0.1, 0.15) is 0 Å². The Kier molecular flexibility index (Phi) is 14.6. The number of hydrogen-bond acceptors (Lipinski definition) is 3. The Labute approximate surface area is 122 Å². The minimum atomic E-state index is 0. The van der Waals surface area contributed by atoms with E-state index in [1.54, 1.807) is 0 Å². The third-order valence-electron chi connectivity index (χ3n) is 2.61. The fraction of sp³-hybridized carbons (Fsp3) is 0.538. The van der Waals surface area contributed by atoms with Gasteiger partial charge in [-0.3, -0.25) is 0 Å². The van der Waals surface area contributed by atoms with Gasteiger partial charge < -0.3 is 16.2 Å². The van der Waals surface area contributed by atoms with Crippen LogP contribution < -0.4 is 11.5 Å². The summed E-state index contributed by atoms with van der Waals surface area (Å²) in [6.07, 6.45) is 2.08. The monoisotopic (exact) mass is 294 g/mol. The largest absolute Gasteiger partial charge is 0.376 e. The quantitative estimate of drug-likeness (QED) is 0.774. The molecule has 5 heteroatoms. The molecule has 1 aromatic carbocycles. The lowest BCUT2D eigenvalue weighted by Gasteiger charge is -2.14. The summed E-state index contributed by atoms with van der Waals surface area (Å²) < 4.78 is 5.65. The van der Waals surface area contributed by atoms with Crippen LogP contribution in [-0.2, 0) is 11.3 Å². The van der Waals surface area contributed by atoms with Gasteiger partial charge in [-0.1, -0.05) is 30.3 Å². The highest BCUT2D eigenvalue weighted by Gasteiger charge is 2.06. The maximum Gasteiger partial charge on any atom is 0.0717 e. The van der Waals surface area contributed by atoms with E-state index in [1.165, 1.54) is 5.56 Å². The van der Waals surface area contributed by atoms with Crippen LogP contribution in [0.3, 0.4) is 0 Å². The molecule has 0 saturated carbocycles. The topological polar surface area (TPSA) is 61.3 Å². The summed E-state index contributed by atoms with van der Waals surface area (Å²) in [4.78, 5) is 0. The van der Waals surface area contributed by atoms with Crippen molar-refractivity contribution < 1.29 is 4.74 Å². The normalized spacial score (nSPS) is 11.2. The van der Waals surface area contributed by atoms with Gasteiger partial charge in [0.2, 0.25) is 0 Å². The predicted molar refractivity (Wildman–Crippen MR) is 81.4 cm³/mol. The first-order chi connectivity index (χ1) is 7.86. The number of halogens is 2. The molecule has 18 heavy (non-hydrogen) atoms. The summed E-state index contributed by atoms with van der Waals surface area (Å²) in [5.74, 6) is 0.437. The van der Waals surface area contributed by atoms with Gasteiger partial charge in [-0.15, -0.1) is 24.8 Å². The van der Waals surface area contributed by atoms with Crippen molar-refractivity contribution in [3.05, 3.63) is 35.9 Å². The van der Waals surface area contributed by atoms with E-state index in [9.17, 15) is 0 Å². The third kappa shape index (κ3) is 8.72. The molecule has 0 aromatic heterocycles. The molecule has 0 aliphatic carbocycles. The Morgan fingerprint density at radius 2 is 1.72 bits per heavy atom. The lowest BCUT2D eigenvalue weighted by Crippen LogP contribution is -2.21. The van der Waals surface area contributed by atoms with E-state index in [1.807, 2.05) is 18.2 Å². The molecule has 1 aromatic rings. The molecule has 3 nitrogen and oxygen atoms in total. The third-order valence-corrected chi connectivity index (χ3v) is 2.61. The van der Waals surface area contributed by atoms with E-state index in [2.05, 4.69) is 12.1 Å². The van der Waals surface area contributed by atoms with Crippen LogP contribution in [0.15, 0.2) is 30.3 Å². The minimum Gasteiger partial charge on any atom is -0.376 e. The van der Waals surface area contributed by atoms with Crippen molar-refractivity contribution in [1.29, 1.82) is 0 Å². The van der Waals surface area contributed by atoms with Crippen LogP contribution in [0.5, 0.6) is 0 Å². The van der Waals surface area contributed by atoms with Gasteiger partial charge in [-0.2, -0.15) is 0 Å². The molecular weight excluding hydrogens is 271 g/mol. The number of ether oxygens (including phenoxy) is 1. The molecule has 0 saturated heterocycles. The molecule has 0 radical (unpaired) electrons. The van der Waals surface area contributed by atoms with Crippen LogP contribution in [0, 0.1) is 5.92 Å². The van der Waals surface area contributed by atoms with Gasteiger partial charge >= 0.3 is 0 Å². The molecule has 1 atom stereocenters. The van der Waals surface area contributed by atoms with Crippen molar-refractivity contribution in [3.8, 4) is 0 Å². The van der Waals surface area contributed by atoms with Crippen molar-refractivity contribution in [3.63, 3.8) is 0 Å². The lowest BCUT2D eigenvalue weighted by molar-refractivity contribution is 0.0861. The zero-order valence-corrected chi connectivity index (χ0v) is 12.2. The fourth-order valence-electron chi connectivity index (χ4n) is 1.59. The smallest absolute Gasteiger partial charge is 0.0717 e. The number of rotatable bonds is 8. The summed E-state index contributed by atoms with van der Waals surface area (Å²) in [6.45, 7) is 2.80. The molecule has 106 valence electrons. The van der Waals surface area contributed by atoms with E-state index in [0.717, 1.165) is 26.0 Å². The molecule has 4 N–H and O–H groups in total. The van der Waals surface area contributed by atoms with Crippen LogP contribution in [-0.4, -0.2) is 19.7 Å². The molecule has 0 fully saturated rings. The van der Waals surface area contributed by atoms with Crippen LogP contribution in [0.25, 0.3) is 0 Å². The van der Waals surface area contributed by atoms with Gasteiger partial charge in [-0.25, -0.2) is 0 Å². The Bertz CT molecular complexity index is 273. The number of nitrogens with two attached hydrogens (primary N) is 2. The summed E-state index contributed by atoms with van der Waals surface area (Å²) in [6, 6.07) is 10.2. The SMILES string of the molecule is Cl.Cl.NCCCC(CN)COCc1ccccc1. The van der Waals surface area contributed by atoms with Gasteiger partial charge in [0.15, 0.2) is 0 Å². The minimum absolute atomic E-state index is 0. The lowest BCUT2D eigenvalue weighted by atomic mass is 10.0. The van der Waals surface area contributed by atoms with Crippen LogP contribution in [0.1, 0.15) is 18.4 Å². The molecule has 0 aliphatic heterocycles. The van der Waals surface area contributed by atoms with Crippen molar-refractivity contribution in [2.24, 2.45) is 17.4 Å². The summed E-state index contributed by atoms with van der Waals surface area (Å²) in [7, 11) is 0. The second-order valence-electron chi connectivity index (χ2n) is 4.03. The highest BCUT2D eigenvalue weighted by atomic mass is 35.5. The maximum atomic E-state index is 5.67. The zero-order chi connectivity index (χ0) is 11.6. The number of hydrogen-bond donors (Lipinski definition) is 2. The average molecular weight is 295 g/mol. The van der Waals surface area contributed by atoms with Gasteiger partial charge in [-0.05, 0) is 37.4 Å². The first-order valence-electron chi connectivity index (χ1n) is 5.88. The molecule has 0 heterocycles. The van der Waals surface area contributed by atoms with E-state index in [0.29, 0.717) is 19.1 Å². The highest BCUT2D eigenvalue weighted by molar-refractivity contribution is 5.85. The van der Waals surface area contributed by atoms with Crippen LogP contribution in [0.4, 0.5) is 0 Å². The second-order valence-corrected chi connectivity index (χ2v) is 4.03. The molecule has 0 spiro atoms. The molecule has 0 aliphatic rings. The van der Waals surface area contributed by atoms with Gasteiger partial charge in [0.05, 0.1) is 13.2 Å². The summed E-state index contributed by atoms with van der Waals surface area (Å²) in [5.41, 5.74) is 12.3. The van der Waals surface area contributed by atoms with Gasteiger partial charge in [0, 0.05) is 0 Å². The highest BCUT2D eigenvalue weighted by Crippen LogP contribution is 2.07. The van der Waals surface area contributed by atoms with Crippen molar-refractivity contribution >= 4 is 24.8 Å². The maximum absolute atomic E-state index is 5.67. The Hall–Kier alpha value is -0.320. The summed E-state index contributed by atoms with van der Waals surface area (Å²) >= 11 is 0. The second kappa shape index (κ2) is 13.1. The molecular formula is C13H24Cl2N2O. The van der Waals surface area contributed by atoms with E-state index < -0.39 is 0 Å². The Balaban J connectivity index is 0. The van der Waals surface area contributed by atoms with E-state index in [4.69, 9.17) is 16.2 Å². The predicted octanol–water partition coefficient (Wildman–Crippen LogP) is 2.36. The van der Waals surface area contributed by atoms with Crippen molar-refractivity contribution in [2.75, 3.05) is 19.7 Å². The summed E-state index contributed by atoms with van der Waals surface area (Å²) in [5, 5.41) is 0. The van der Waals surface area contributed by atoms with Gasteiger partial charge in [0.25, 0.3) is 0 Å². The molecule has 0 amide bonds. The van der Waals surface area contributed by atoms with Crippen LogP contribution in [0.2, 0.25) is 0 Å². The standard InChI is InChI=1S/C13H22N2O.2ClH/c14-8-4-7-13(9-15)11-16-10-12-5-2-1-3-6-12;;/h1-3,5-6,13H,4,7-11,14-15H2;2*1H. The van der Waals surface area contributed by atoms with Crippen molar-refractivity contribution in [2.45, 2.75) is 19.4 Å². The Morgan fingerprint density at radius 3 is 2.28 bits per heavy atom. The van der Waals surface area contributed by atoms with Crippen LogP contribution >= 0.6 is 24.8 Å². The Morgan fingerprint density at radius 1 is 1.06 bits per heavy atom. The van der Waals surface area contributed by atoms with E-state index >= 15 is 0 Å². The molecule has 1 rings (SSSR count). The van der Waals surface area contributed by atoms with E-state index in [-0.39, 0.29) is 24.8 Å². The number of benzene rings is 1. The molecule has 1 unspecified atom stereocenters.